The smallest absolute Gasteiger partial charge is 0.223 e. The van der Waals surface area contributed by atoms with Crippen LogP contribution >= 0.6 is 0 Å². The van der Waals surface area contributed by atoms with E-state index in [0.717, 1.165) is 43.1 Å². The van der Waals surface area contributed by atoms with E-state index in [4.69, 9.17) is 5.73 Å². The molecule has 2 fully saturated rings. The molecule has 116 valence electrons. The molecule has 3 atom stereocenters. The quantitative estimate of drug-likeness (QED) is 0.772. The molecule has 6 heteroatoms. The minimum Gasteiger partial charge on any atom is -0.369 e. The maximum atomic E-state index is 5.86. The van der Waals surface area contributed by atoms with E-state index in [0.29, 0.717) is 12.0 Å². The van der Waals surface area contributed by atoms with Crippen molar-refractivity contribution < 1.29 is 0 Å². The van der Waals surface area contributed by atoms with E-state index < -0.39 is 0 Å². The predicted octanol–water partition coefficient (Wildman–Crippen LogP) is 1.17. The minimum absolute atomic E-state index is 0.204. The second-order valence-electron chi connectivity index (χ2n) is 7.43. The van der Waals surface area contributed by atoms with E-state index in [1.807, 2.05) is 13.1 Å². The molecule has 0 amide bonds. The summed E-state index contributed by atoms with van der Waals surface area (Å²) in [5.74, 6) is 3.63. The molecule has 2 heterocycles. The Kier molecular flexibility index (Phi) is 3.43. The Morgan fingerprint density at radius 2 is 1.95 bits per heavy atom. The van der Waals surface area contributed by atoms with Crippen molar-refractivity contribution in [3.63, 3.8) is 0 Å². The lowest BCUT2D eigenvalue weighted by Gasteiger charge is -2.23. The fraction of sp³-hybridized carbons (Fsp3) is 0.733. The summed E-state index contributed by atoms with van der Waals surface area (Å²) in [6.07, 6.45) is 0. The zero-order chi connectivity index (χ0) is 15.2. The van der Waals surface area contributed by atoms with Gasteiger partial charge < -0.3 is 21.3 Å². The molecule has 1 aromatic heterocycles. The summed E-state index contributed by atoms with van der Waals surface area (Å²) >= 11 is 0. The molecule has 1 saturated heterocycles. The van der Waals surface area contributed by atoms with Crippen LogP contribution in [0.5, 0.6) is 0 Å². The molecule has 0 spiro atoms. The van der Waals surface area contributed by atoms with Crippen LogP contribution in [0.4, 0.5) is 17.6 Å². The van der Waals surface area contributed by atoms with Crippen LogP contribution in [0.1, 0.15) is 20.8 Å². The van der Waals surface area contributed by atoms with Gasteiger partial charge in [-0.05, 0) is 24.3 Å². The molecule has 1 aliphatic heterocycles. The normalized spacial score (nSPS) is 27.6. The van der Waals surface area contributed by atoms with E-state index >= 15 is 0 Å². The number of nitrogens with two attached hydrogens (primary N) is 1. The number of piperidine rings is 1. The molecule has 1 aliphatic carbocycles. The molecule has 1 saturated carbocycles. The largest absolute Gasteiger partial charge is 0.369 e. The third-order valence-electron chi connectivity index (χ3n) is 4.38. The molecule has 1 aromatic rings. The van der Waals surface area contributed by atoms with Crippen LogP contribution in [0.15, 0.2) is 6.07 Å². The number of nitrogens with one attached hydrogen (secondary N) is 2. The van der Waals surface area contributed by atoms with Crippen molar-refractivity contribution in [3.05, 3.63) is 6.07 Å². The highest BCUT2D eigenvalue weighted by Crippen LogP contribution is 2.46. The van der Waals surface area contributed by atoms with Crippen molar-refractivity contribution >= 4 is 17.6 Å². The number of fused-ring (bicyclic) bond motifs is 1. The van der Waals surface area contributed by atoms with Gasteiger partial charge in [0.15, 0.2) is 0 Å². The van der Waals surface area contributed by atoms with Gasteiger partial charge in [0.25, 0.3) is 0 Å². The highest BCUT2D eigenvalue weighted by Gasteiger charge is 2.55. The Morgan fingerprint density at radius 1 is 1.29 bits per heavy atom. The van der Waals surface area contributed by atoms with E-state index in [2.05, 4.69) is 46.3 Å². The van der Waals surface area contributed by atoms with E-state index in [-0.39, 0.29) is 5.41 Å². The van der Waals surface area contributed by atoms with Gasteiger partial charge in [0, 0.05) is 31.7 Å². The predicted molar refractivity (Wildman–Crippen MR) is 86.4 cm³/mol. The van der Waals surface area contributed by atoms with E-state index in [1.165, 1.54) is 0 Å². The number of anilines is 3. The summed E-state index contributed by atoms with van der Waals surface area (Å²) in [6.45, 7) is 9.55. The maximum Gasteiger partial charge on any atom is 0.223 e. The van der Waals surface area contributed by atoms with Crippen LogP contribution in [0.3, 0.4) is 0 Å². The van der Waals surface area contributed by atoms with Gasteiger partial charge in [0.1, 0.15) is 11.6 Å². The topological polar surface area (TPSA) is 79.1 Å². The highest BCUT2D eigenvalue weighted by molar-refractivity contribution is 5.54. The SMILES string of the molecule is CN[C@@H]1[C@@H]2CN(c3cc(NCC(C)(C)C)nc(N)n3)C[C@@H]21. The molecule has 0 aromatic carbocycles. The highest BCUT2D eigenvalue weighted by atomic mass is 15.3. The first kappa shape index (κ1) is 14.4. The molecule has 0 bridgehead atoms. The van der Waals surface area contributed by atoms with Gasteiger partial charge in [-0.3, -0.25) is 0 Å². The number of aromatic nitrogens is 2. The Bertz CT molecular complexity index is 511. The summed E-state index contributed by atoms with van der Waals surface area (Å²) in [5, 5.41) is 6.74. The summed E-state index contributed by atoms with van der Waals surface area (Å²) < 4.78 is 0. The van der Waals surface area contributed by atoms with Crippen LogP contribution in [-0.4, -0.2) is 42.7 Å². The third-order valence-corrected chi connectivity index (χ3v) is 4.38. The van der Waals surface area contributed by atoms with Gasteiger partial charge >= 0.3 is 0 Å². The minimum atomic E-state index is 0.204. The zero-order valence-corrected chi connectivity index (χ0v) is 13.3. The van der Waals surface area contributed by atoms with Crippen LogP contribution in [0.2, 0.25) is 0 Å². The van der Waals surface area contributed by atoms with Gasteiger partial charge in [-0.2, -0.15) is 9.97 Å². The Hall–Kier alpha value is -1.56. The first-order valence-electron chi connectivity index (χ1n) is 7.68. The zero-order valence-electron chi connectivity index (χ0n) is 13.3. The molecule has 21 heavy (non-hydrogen) atoms. The summed E-state index contributed by atoms with van der Waals surface area (Å²) in [4.78, 5) is 11.0. The Labute approximate surface area is 126 Å². The van der Waals surface area contributed by atoms with Crippen LogP contribution in [-0.2, 0) is 0 Å². The summed E-state index contributed by atoms with van der Waals surface area (Å²) in [6, 6.07) is 2.71. The molecule has 0 unspecified atom stereocenters. The van der Waals surface area contributed by atoms with Crippen LogP contribution < -0.4 is 21.3 Å². The summed E-state index contributed by atoms with van der Waals surface area (Å²) in [7, 11) is 2.05. The first-order valence-corrected chi connectivity index (χ1v) is 7.68. The number of nitrogens with zero attached hydrogens (tertiary/aromatic N) is 3. The molecule has 3 rings (SSSR count). The number of hydrogen-bond donors (Lipinski definition) is 3. The average Bonchev–Trinajstić information content (AvgIpc) is 2.86. The number of nitrogen functional groups attached to an aromatic ring is 1. The molecule has 2 aliphatic rings. The molecular formula is C15H26N6. The maximum absolute atomic E-state index is 5.86. The van der Waals surface area contributed by atoms with Crippen LogP contribution in [0, 0.1) is 17.3 Å². The number of rotatable bonds is 4. The molecule has 6 nitrogen and oxygen atoms in total. The van der Waals surface area contributed by atoms with Gasteiger partial charge in [-0.1, -0.05) is 20.8 Å². The monoisotopic (exact) mass is 290 g/mol. The Balaban J connectivity index is 1.68. The van der Waals surface area contributed by atoms with Crippen molar-refractivity contribution in [2.24, 2.45) is 17.3 Å². The average molecular weight is 290 g/mol. The lowest BCUT2D eigenvalue weighted by atomic mass is 9.97. The van der Waals surface area contributed by atoms with Crippen molar-refractivity contribution in [1.29, 1.82) is 0 Å². The van der Waals surface area contributed by atoms with Crippen molar-refractivity contribution in [2.75, 3.05) is 42.6 Å². The second-order valence-corrected chi connectivity index (χ2v) is 7.43. The lowest BCUT2D eigenvalue weighted by molar-refractivity contribution is 0.442. The van der Waals surface area contributed by atoms with E-state index in [9.17, 15) is 0 Å². The van der Waals surface area contributed by atoms with Gasteiger partial charge in [0.05, 0.1) is 0 Å². The summed E-state index contributed by atoms with van der Waals surface area (Å²) in [5.41, 5.74) is 6.07. The third kappa shape index (κ3) is 3.05. The van der Waals surface area contributed by atoms with Crippen molar-refractivity contribution in [2.45, 2.75) is 26.8 Å². The number of hydrogen-bond acceptors (Lipinski definition) is 6. The standard InChI is InChI=1S/C15H26N6/c1-15(2,3)8-18-11-5-12(20-14(16)19-11)21-6-9-10(7-21)13(9)17-4/h5,9-10,13,17H,6-8H2,1-4H3,(H3,16,18,19,20)/t9-,10+,13-. The Morgan fingerprint density at radius 3 is 2.52 bits per heavy atom. The van der Waals surface area contributed by atoms with E-state index in [1.54, 1.807) is 0 Å². The van der Waals surface area contributed by atoms with Crippen molar-refractivity contribution in [3.8, 4) is 0 Å². The second kappa shape index (κ2) is 5.02. The van der Waals surface area contributed by atoms with Gasteiger partial charge in [-0.15, -0.1) is 0 Å². The van der Waals surface area contributed by atoms with Gasteiger partial charge in [0.2, 0.25) is 5.95 Å². The molecule has 0 radical (unpaired) electrons. The fourth-order valence-corrected chi connectivity index (χ4v) is 3.20. The molecular weight excluding hydrogens is 264 g/mol. The van der Waals surface area contributed by atoms with Crippen LogP contribution in [0.25, 0.3) is 0 Å². The van der Waals surface area contributed by atoms with Crippen molar-refractivity contribution in [1.82, 2.24) is 15.3 Å². The fourth-order valence-electron chi connectivity index (χ4n) is 3.20. The lowest BCUT2D eigenvalue weighted by Crippen LogP contribution is -2.30. The first-order chi connectivity index (χ1) is 9.87. The molecule has 4 N–H and O–H groups in total. The van der Waals surface area contributed by atoms with Gasteiger partial charge in [-0.25, -0.2) is 0 Å².